The summed E-state index contributed by atoms with van der Waals surface area (Å²) < 4.78 is 13.5. The van der Waals surface area contributed by atoms with E-state index in [1.165, 1.54) is 6.07 Å². The van der Waals surface area contributed by atoms with Crippen LogP contribution in [0, 0.1) is 5.82 Å². The monoisotopic (exact) mass is 211 g/mol. The number of aryl methyl sites for hydroxylation is 1. The molecule has 1 atom stereocenters. The highest BCUT2D eigenvalue weighted by Gasteiger charge is 2.05. The Kier molecular flexibility index (Phi) is 4.09. The van der Waals surface area contributed by atoms with Gasteiger partial charge in [0.2, 0.25) is 0 Å². The van der Waals surface area contributed by atoms with Crippen molar-refractivity contribution in [1.82, 2.24) is 0 Å². The largest absolute Gasteiger partial charge is 0.393 e. The molecule has 0 aliphatic heterocycles. The van der Waals surface area contributed by atoms with E-state index in [0.29, 0.717) is 18.5 Å². The van der Waals surface area contributed by atoms with Crippen molar-refractivity contribution in [1.29, 1.82) is 0 Å². The van der Waals surface area contributed by atoms with Crippen LogP contribution in [0.5, 0.6) is 0 Å². The Labute approximate surface area is 90.3 Å². The second-order valence-corrected chi connectivity index (χ2v) is 4.07. The Morgan fingerprint density at radius 3 is 2.53 bits per heavy atom. The first kappa shape index (κ1) is 12.0. The molecule has 0 fully saturated rings. The van der Waals surface area contributed by atoms with Gasteiger partial charge in [-0.3, -0.25) is 0 Å². The number of benzene rings is 1. The molecule has 2 nitrogen and oxygen atoms in total. The molecule has 15 heavy (non-hydrogen) atoms. The van der Waals surface area contributed by atoms with Gasteiger partial charge in [-0.25, -0.2) is 4.39 Å². The minimum absolute atomic E-state index is 0.205. The maximum atomic E-state index is 13.5. The second-order valence-electron chi connectivity index (χ2n) is 4.07. The number of halogens is 1. The summed E-state index contributed by atoms with van der Waals surface area (Å²) >= 11 is 0. The van der Waals surface area contributed by atoms with Crippen LogP contribution in [0.3, 0.4) is 0 Å². The first-order valence-corrected chi connectivity index (χ1v) is 5.14. The van der Waals surface area contributed by atoms with E-state index in [1.54, 1.807) is 17.9 Å². The molecule has 3 heteroatoms. The van der Waals surface area contributed by atoms with Crippen LogP contribution in [-0.2, 0) is 6.42 Å². The van der Waals surface area contributed by atoms with Crippen LogP contribution in [0.4, 0.5) is 10.1 Å². The van der Waals surface area contributed by atoms with Crippen LogP contribution in [0.1, 0.15) is 18.9 Å². The first-order valence-electron chi connectivity index (χ1n) is 5.14. The minimum Gasteiger partial charge on any atom is -0.393 e. The Morgan fingerprint density at radius 1 is 1.40 bits per heavy atom. The highest BCUT2D eigenvalue weighted by atomic mass is 19.1. The highest BCUT2D eigenvalue weighted by Crippen LogP contribution is 2.19. The van der Waals surface area contributed by atoms with Crippen molar-refractivity contribution in [2.45, 2.75) is 25.9 Å². The Bertz CT molecular complexity index is 323. The van der Waals surface area contributed by atoms with Crippen LogP contribution in [-0.4, -0.2) is 25.3 Å². The van der Waals surface area contributed by atoms with Crippen molar-refractivity contribution in [2.75, 3.05) is 19.0 Å². The summed E-state index contributed by atoms with van der Waals surface area (Å²) in [6.07, 6.45) is 1.05. The fourth-order valence-corrected chi connectivity index (χ4v) is 1.44. The van der Waals surface area contributed by atoms with Gasteiger partial charge in [0, 0.05) is 14.1 Å². The normalized spacial score (nSPS) is 12.6. The molecular formula is C12H18FNO. The average Bonchev–Trinajstić information content (AvgIpc) is 2.14. The zero-order valence-electron chi connectivity index (χ0n) is 9.50. The third kappa shape index (κ3) is 3.51. The van der Waals surface area contributed by atoms with Crippen molar-refractivity contribution in [3.05, 3.63) is 29.6 Å². The van der Waals surface area contributed by atoms with Crippen LogP contribution < -0.4 is 4.90 Å². The maximum Gasteiger partial charge on any atom is 0.146 e. The molecule has 0 spiro atoms. The molecule has 0 aliphatic rings. The number of rotatable bonds is 4. The van der Waals surface area contributed by atoms with E-state index >= 15 is 0 Å². The van der Waals surface area contributed by atoms with E-state index in [-0.39, 0.29) is 11.9 Å². The van der Waals surface area contributed by atoms with Crippen molar-refractivity contribution in [3.63, 3.8) is 0 Å². The van der Waals surface area contributed by atoms with E-state index in [1.807, 2.05) is 20.2 Å². The molecule has 0 aliphatic carbocycles. The molecule has 1 aromatic carbocycles. The molecule has 0 aromatic heterocycles. The lowest BCUT2D eigenvalue weighted by Crippen LogP contribution is -2.11. The number of nitrogens with zero attached hydrogens (tertiary/aromatic N) is 1. The lowest BCUT2D eigenvalue weighted by atomic mass is 10.1. The van der Waals surface area contributed by atoms with Gasteiger partial charge < -0.3 is 10.0 Å². The van der Waals surface area contributed by atoms with Crippen LogP contribution in [0.15, 0.2) is 18.2 Å². The molecule has 0 amide bonds. The van der Waals surface area contributed by atoms with E-state index in [2.05, 4.69) is 0 Å². The van der Waals surface area contributed by atoms with Gasteiger partial charge in [-0.1, -0.05) is 6.07 Å². The number of anilines is 1. The predicted octanol–water partition coefficient (Wildman–Crippen LogP) is 2.21. The lowest BCUT2D eigenvalue weighted by Gasteiger charge is -2.14. The summed E-state index contributed by atoms with van der Waals surface area (Å²) in [7, 11) is 3.63. The molecular weight excluding hydrogens is 193 g/mol. The summed E-state index contributed by atoms with van der Waals surface area (Å²) in [5.74, 6) is -0.205. The smallest absolute Gasteiger partial charge is 0.146 e. The first-order chi connectivity index (χ1) is 7.00. The van der Waals surface area contributed by atoms with Gasteiger partial charge in [0.1, 0.15) is 5.82 Å². The quantitative estimate of drug-likeness (QED) is 0.825. The fraction of sp³-hybridized carbons (Fsp3) is 0.500. The minimum atomic E-state index is -0.332. The van der Waals surface area contributed by atoms with E-state index in [9.17, 15) is 4.39 Å². The SMILES string of the molecule is C[C@@H](O)CCc1ccc(N(C)C)c(F)c1. The fourth-order valence-electron chi connectivity index (χ4n) is 1.44. The molecule has 0 bridgehead atoms. The van der Waals surface area contributed by atoms with Gasteiger partial charge in [-0.15, -0.1) is 0 Å². The highest BCUT2D eigenvalue weighted by molar-refractivity contribution is 5.47. The van der Waals surface area contributed by atoms with E-state index in [4.69, 9.17) is 5.11 Å². The summed E-state index contributed by atoms with van der Waals surface area (Å²) in [4.78, 5) is 1.74. The van der Waals surface area contributed by atoms with Crippen LogP contribution in [0.25, 0.3) is 0 Å². The van der Waals surface area contributed by atoms with Gasteiger partial charge >= 0.3 is 0 Å². The molecule has 0 heterocycles. The third-order valence-corrected chi connectivity index (χ3v) is 2.34. The molecule has 1 N–H and O–H groups in total. The molecule has 84 valence electrons. The molecule has 0 saturated carbocycles. The molecule has 0 unspecified atom stereocenters. The van der Waals surface area contributed by atoms with Crippen molar-refractivity contribution in [2.24, 2.45) is 0 Å². The van der Waals surface area contributed by atoms with Gasteiger partial charge in [0.05, 0.1) is 11.8 Å². The van der Waals surface area contributed by atoms with Crippen molar-refractivity contribution in [3.8, 4) is 0 Å². The Hall–Kier alpha value is -1.09. The predicted molar refractivity (Wildman–Crippen MR) is 60.7 cm³/mol. The lowest BCUT2D eigenvalue weighted by molar-refractivity contribution is 0.185. The van der Waals surface area contributed by atoms with Crippen LogP contribution >= 0.6 is 0 Å². The summed E-state index contributed by atoms with van der Waals surface area (Å²) in [6, 6.07) is 5.21. The molecule has 1 rings (SSSR count). The topological polar surface area (TPSA) is 23.5 Å². The van der Waals surface area contributed by atoms with Gasteiger partial charge in [0.25, 0.3) is 0 Å². The number of hydrogen-bond donors (Lipinski definition) is 1. The molecule has 0 saturated heterocycles. The van der Waals surface area contributed by atoms with E-state index < -0.39 is 0 Å². The summed E-state index contributed by atoms with van der Waals surface area (Å²) in [6.45, 7) is 1.74. The summed E-state index contributed by atoms with van der Waals surface area (Å²) in [5, 5.41) is 9.12. The Balaban J connectivity index is 2.73. The zero-order chi connectivity index (χ0) is 11.4. The molecule has 1 aromatic rings. The van der Waals surface area contributed by atoms with E-state index in [0.717, 1.165) is 5.56 Å². The third-order valence-electron chi connectivity index (χ3n) is 2.34. The number of aliphatic hydroxyl groups is 1. The van der Waals surface area contributed by atoms with Crippen molar-refractivity contribution >= 4 is 5.69 Å². The standard InChI is InChI=1S/C12H18FNO/c1-9(15)4-5-10-6-7-12(14(2)3)11(13)8-10/h6-9,15H,4-5H2,1-3H3/t9-/m1/s1. The van der Waals surface area contributed by atoms with Gasteiger partial charge in [-0.05, 0) is 37.5 Å². The zero-order valence-corrected chi connectivity index (χ0v) is 9.50. The second kappa shape index (κ2) is 5.12. The van der Waals surface area contributed by atoms with Gasteiger partial charge in [-0.2, -0.15) is 0 Å². The Morgan fingerprint density at radius 2 is 2.07 bits per heavy atom. The maximum absolute atomic E-state index is 13.5. The average molecular weight is 211 g/mol. The summed E-state index contributed by atoms with van der Waals surface area (Å²) in [5.41, 5.74) is 1.52. The van der Waals surface area contributed by atoms with Gasteiger partial charge in [0.15, 0.2) is 0 Å². The van der Waals surface area contributed by atoms with Crippen molar-refractivity contribution < 1.29 is 9.50 Å². The number of aliphatic hydroxyl groups excluding tert-OH is 1. The molecule has 0 radical (unpaired) electrons. The number of hydrogen-bond acceptors (Lipinski definition) is 2. The van der Waals surface area contributed by atoms with Crippen LogP contribution in [0.2, 0.25) is 0 Å².